The quantitative estimate of drug-likeness (QED) is 0.384. The summed E-state index contributed by atoms with van der Waals surface area (Å²) in [7, 11) is -4.19. The molecular weight excluding hydrogens is 505 g/mol. The van der Waals surface area contributed by atoms with E-state index in [1.54, 1.807) is 19.1 Å². The summed E-state index contributed by atoms with van der Waals surface area (Å²) < 4.78 is 42.2. The van der Waals surface area contributed by atoms with E-state index in [2.05, 4.69) is 5.32 Å². The Morgan fingerprint density at radius 3 is 2.08 bits per heavy atom. The molecule has 0 saturated carbocycles. The molecule has 0 heterocycles. The topological polar surface area (TPSA) is 86.8 Å². The highest BCUT2D eigenvalue weighted by Gasteiger charge is 2.33. The highest BCUT2D eigenvalue weighted by molar-refractivity contribution is 7.92. The predicted molar refractivity (Wildman–Crippen MR) is 146 cm³/mol. The van der Waals surface area contributed by atoms with Crippen LogP contribution in [0.3, 0.4) is 0 Å². The number of anilines is 1. The van der Waals surface area contributed by atoms with E-state index in [-0.39, 0.29) is 29.1 Å². The van der Waals surface area contributed by atoms with E-state index in [0.717, 1.165) is 27.6 Å². The minimum absolute atomic E-state index is 0.000531. The number of sulfonamides is 1. The molecule has 0 fully saturated rings. The average molecular weight is 540 g/mol. The lowest BCUT2D eigenvalue weighted by Crippen LogP contribution is -2.53. The number of benzene rings is 3. The number of carbonyl (C=O) groups excluding carboxylic acids is 2. The van der Waals surface area contributed by atoms with Crippen LogP contribution in [0.1, 0.15) is 38.3 Å². The molecule has 0 bridgehead atoms. The van der Waals surface area contributed by atoms with Crippen molar-refractivity contribution < 1.29 is 22.4 Å². The van der Waals surface area contributed by atoms with Gasteiger partial charge in [0.15, 0.2) is 0 Å². The third kappa shape index (κ3) is 7.19. The van der Waals surface area contributed by atoms with Gasteiger partial charge in [0.25, 0.3) is 10.0 Å². The SMILES string of the molecule is CC[C@H](C(=O)NC(C)C)N(Cc1ccccc1)C(=O)CN(c1ccc(F)cc1)S(=O)(=O)c1ccc(C)cc1. The molecular formula is C29H34FN3O4S. The van der Waals surface area contributed by atoms with E-state index in [4.69, 9.17) is 0 Å². The zero-order valence-electron chi connectivity index (χ0n) is 22.1. The van der Waals surface area contributed by atoms with Crippen LogP contribution in [-0.2, 0) is 26.2 Å². The molecule has 0 unspecified atom stereocenters. The number of rotatable bonds is 11. The maximum atomic E-state index is 13.9. The number of halogens is 1. The standard InChI is InChI=1S/C29H34FN3O4S/c1-5-27(29(35)31-21(2)3)32(19-23-9-7-6-8-10-23)28(34)20-33(25-15-13-24(30)14-16-25)38(36,37)26-17-11-22(4)12-18-26/h6-18,21,27H,5,19-20H2,1-4H3,(H,31,35)/t27-/m1/s1. The van der Waals surface area contributed by atoms with Crippen molar-refractivity contribution >= 4 is 27.5 Å². The van der Waals surface area contributed by atoms with Crippen molar-refractivity contribution in [3.8, 4) is 0 Å². The Bertz CT molecular complexity index is 1330. The lowest BCUT2D eigenvalue weighted by molar-refractivity contribution is -0.140. The van der Waals surface area contributed by atoms with E-state index in [9.17, 15) is 22.4 Å². The van der Waals surface area contributed by atoms with Crippen molar-refractivity contribution in [1.29, 1.82) is 0 Å². The third-order valence-corrected chi connectivity index (χ3v) is 7.80. The van der Waals surface area contributed by atoms with Gasteiger partial charge in [-0.3, -0.25) is 13.9 Å². The van der Waals surface area contributed by atoms with E-state index in [1.807, 2.05) is 51.1 Å². The molecule has 9 heteroatoms. The summed E-state index contributed by atoms with van der Waals surface area (Å²) >= 11 is 0. The van der Waals surface area contributed by atoms with Gasteiger partial charge in [0.1, 0.15) is 18.4 Å². The lowest BCUT2D eigenvalue weighted by atomic mass is 10.1. The fourth-order valence-corrected chi connectivity index (χ4v) is 5.47. The van der Waals surface area contributed by atoms with Crippen LogP contribution in [0.15, 0.2) is 83.8 Å². The smallest absolute Gasteiger partial charge is 0.264 e. The van der Waals surface area contributed by atoms with Crippen LogP contribution in [-0.4, -0.2) is 43.8 Å². The zero-order valence-corrected chi connectivity index (χ0v) is 22.9. The van der Waals surface area contributed by atoms with Crippen LogP contribution in [0.5, 0.6) is 0 Å². The van der Waals surface area contributed by atoms with Gasteiger partial charge in [-0.2, -0.15) is 0 Å². The van der Waals surface area contributed by atoms with Gasteiger partial charge < -0.3 is 10.2 Å². The van der Waals surface area contributed by atoms with Gasteiger partial charge in [-0.25, -0.2) is 12.8 Å². The Hall–Kier alpha value is -3.72. The molecule has 7 nitrogen and oxygen atoms in total. The van der Waals surface area contributed by atoms with Crippen molar-refractivity contribution in [2.75, 3.05) is 10.8 Å². The molecule has 38 heavy (non-hydrogen) atoms. The fraction of sp³-hybridized carbons (Fsp3) is 0.310. The average Bonchev–Trinajstić information content (AvgIpc) is 2.88. The van der Waals surface area contributed by atoms with Crippen LogP contribution >= 0.6 is 0 Å². The van der Waals surface area contributed by atoms with Gasteiger partial charge in [-0.15, -0.1) is 0 Å². The minimum Gasteiger partial charge on any atom is -0.352 e. The molecule has 202 valence electrons. The van der Waals surface area contributed by atoms with Crippen molar-refractivity contribution in [2.45, 2.75) is 57.6 Å². The van der Waals surface area contributed by atoms with E-state index < -0.39 is 34.3 Å². The van der Waals surface area contributed by atoms with Gasteiger partial charge in [0.05, 0.1) is 10.6 Å². The molecule has 0 saturated heterocycles. The van der Waals surface area contributed by atoms with Gasteiger partial charge in [-0.05, 0) is 69.2 Å². The Morgan fingerprint density at radius 2 is 1.53 bits per heavy atom. The molecule has 1 N–H and O–H groups in total. The maximum absolute atomic E-state index is 13.9. The molecule has 0 spiro atoms. The Balaban J connectivity index is 2.04. The molecule has 0 aliphatic carbocycles. The second kappa shape index (κ2) is 12.7. The first-order valence-corrected chi connectivity index (χ1v) is 14.0. The second-order valence-corrected chi connectivity index (χ2v) is 11.3. The van der Waals surface area contributed by atoms with Crippen LogP contribution < -0.4 is 9.62 Å². The number of nitrogens with one attached hydrogen (secondary N) is 1. The van der Waals surface area contributed by atoms with E-state index in [0.29, 0.717) is 6.42 Å². The lowest BCUT2D eigenvalue weighted by Gasteiger charge is -2.33. The highest BCUT2D eigenvalue weighted by Crippen LogP contribution is 2.25. The number of carbonyl (C=O) groups is 2. The largest absolute Gasteiger partial charge is 0.352 e. The molecule has 1 atom stereocenters. The summed E-state index contributed by atoms with van der Waals surface area (Å²) in [4.78, 5) is 28.4. The number of aryl methyl sites for hydroxylation is 1. The first-order chi connectivity index (χ1) is 18.0. The Kier molecular flexibility index (Phi) is 9.63. The molecule has 0 aliphatic rings. The zero-order chi connectivity index (χ0) is 27.9. The van der Waals surface area contributed by atoms with Crippen LogP contribution in [0.2, 0.25) is 0 Å². The number of nitrogens with zero attached hydrogens (tertiary/aromatic N) is 2. The maximum Gasteiger partial charge on any atom is 0.264 e. The predicted octanol–water partition coefficient (Wildman–Crippen LogP) is 4.66. The van der Waals surface area contributed by atoms with Gasteiger partial charge in [0, 0.05) is 12.6 Å². The van der Waals surface area contributed by atoms with Crippen molar-refractivity contribution in [1.82, 2.24) is 10.2 Å². The summed E-state index contributed by atoms with van der Waals surface area (Å²) in [5, 5.41) is 2.86. The Labute approximate surface area is 224 Å². The first kappa shape index (κ1) is 28.8. The number of amides is 2. The van der Waals surface area contributed by atoms with Crippen LogP contribution in [0.25, 0.3) is 0 Å². The fourth-order valence-electron chi connectivity index (χ4n) is 4.05. The summed E-state index contributed by atoms with van der Waals surface area (Å²) in [5.74, 6) is -1.41. The summed E-state index contributed by atoms with van der Waals surface area (Å²) in [6.45, 7) is 6.85. The van der Waals surface area contributed by atoms with Crippen molar-refractivity contribution in [2.24, 2.45) is 0 Å². The van der Waals surface area contributed by atoms with Crippen LogP contribution in [0, 0.1) is 12.7 Å². The molecule has 3 aromatic rings. The molecule has 0 radical (unpaired) electrons. The van der Waals surface area contributed by atoms with Crippen molar-refractivity contribution in [3.63, 3.8) is 0 Å². The molecule has 0 aromatic heterocycles. The second-order valence-electron chi connectivity index (χ2n) is 9.40. The van der Waals surface area contributed by atoms with Crippen LogP contribution in [0.4, 0.5) is 10.1 Å². The molecule has 3 rings (SSSR count). The normalized spacial score (nSPS) is 12.2. The van der Waals surface area contributed by atoms with Crippen molar-refractivity contribution in [3.05, 3.63) is 95.8 Å². The third-order valence-electron chi connectivity index (χ3n) is 6.02. The summed E-state index contributed by atoms with van der Waals surface area (Å²) in [5.41, 5.74) is 1.82. The van der Waals surface area contributed by atoms with Gasteiger partial charge >= 0.3 is 0 Å². The number of hydrogen-bond acceptors (Lipinski definition) is 4. The highest BCUT2D eigenvalue weighted by atomic mass is 32.2. The summed E-state index contributed by atoms with van der Waals surface area (Å²) in [6, 6.07) is 19.4. The first-order valence-electron chi connectivity index (χ1n) is 12.5. The van der Waals surface area contributed by atoms with Gasteiger partial charge in [-0.1, -0.05) is 55.0 Å². The van der Waals surface area contributed by atoms with E-state index in [1.165, 1.54) is 29.2 Å². The van der Waals surface area contributed by atoms with Gasteiger partial charge in [0.2, 0.25) is 11.8 Å². The van der Waals surface area contributed by atoms with E-state index >= 15 is 0 Å². The number of hydrogen-bond donors (Lipinski definition) is 1. The molecule has 3 aromatic carbocycles. The molecule has 0 aliphatic heterocycles. The minimum atomic E-state index is -4.19. The summed E-state index contributed by atoms with van der Waals surface area (Å²) in [6.07, 6.45) is 0.332. The monoisotopic (exact) mass is 539 g/mol. The molecule has 2 amide bonds. The Morgan fingerprint density at radius 1 is 0.921 bits per heavy atom.